The number of imidazole rings is 1. The van der Waals surface area contributed by atoms with Crippen molar-refractivity contribution in [1.29, 1.82) is 0 Å². The number of aromatic nitrogens is 2. The molecule has 1 amide bonds. The van der Waals surface area contributed by atoms with Gasteiger partial charge >= 0.3 is 5.97 Å². The Morgan fingerprint density at radius 1 is 1.33 bits per heavy atom. The maximum Gasteiger partial charge on any atom is 0.354 e. The van der Waals surface area contributed by atoms with Gasteiger partial charge < -0.3 is 15.0 Å². The number of hydrogen-bond donors (Lipinski definition) is 2. The summed E-state index contributed by atoms with van der Waals surface area (Å²) in [4.78, 5) is 33.7. The summed E-state index contributed by atoms with van der Waals surface area (Å²) in [5, 5.41) is 9.02. The van der Waals surface area contributed by atoms with Crippen LogP contribution >= 0.6 is 0 Å². The Morgan fingerprint density at radius 3 is 2.57 bits per heavy atom. The zero-order chi connectivity index (χ0) is 15.4. The smallest absolute Gasteiger partial charge is 0.354 e. The molecule has 0 unspecified atom stereocenters. The molecule has 0 atom stereocenters. The minimum Gasteiger partial charge on any atom is -0.477 e. The number of carbonyl (C=O) groups is 2. The van der Waals surface area contributed by atoms with Gasteiger partial charge in [-0.3, -0.25) is 9.69 Å². The second-order valence-electron chi connectivity index (χ2n) is 5.75. The van der Waals surface area contributed by atoms with Crippen LogP contribution in [0.1, 0.15) is 41.2 Å². The van der Waals surface area contributed by atoms with Crippen LogP contribution in [0.3, 0.4) is 0 Å². The maximum absolute atomic E-state index is 12.3. The molecule has 116 valence electrons. The number of carboxylic acids is 1. The Kier molecular flexibility index (Phi) is 4.95. The van der Waals surface area contributed by atoms with Gasteiger partial charge in [-0.05, 0) is 18.9 Å². The summed E-state index contributed by atoms with van der Waals surface area (Å²) >= 11 is 0. The molecule has 0 bridgehead atoms. The highest BCUT2D eigenvalue weighted by atomic mass is 16.4. The summed E-state index contributed by atoms with van der Waals surface area (Å²) in [5.41, 5.74) is -0.139. The first-order chi connectivity index (χ1) is 9.99. The lowest BCUT2D eigenvalue weighted by molar-refractivity contribution is 0.0606. The first-order valence-corrected chi connectivity index (χ1v) is 7.27. The number of carbonyl (C=O) groups excluding carboxylic acids is 1. The van der Waals surface area contributed by atoms with Gasteiger partial charge in [-0.25, -0.2) is 9.78 Å². The van der Waals surface area contributed by atoms with Crippen LogP contribution in [0.4, 0.5) is 0 Å². The van der Waals surface area contributed by atoms with E-state index in [2.05, 4.69) is 28.7 Å². The average Bonchev–Trinajstić information content (AvgIpc) is 2.94. The lowest BCUT2D eigenvalue weighted by atomic mass is 10.1. The van der Waals surface area contributed by atoms with E-state index in [9.17, 15) is 9.59 Å². The van der Waals surface area contributed by atoms with E-state index >= 15 is 0 Å². The van der Waals surface area contributed by atoms with E-state index in [1.165, 1.54) is 6.33 Å². The summed E-state index contributed by atoms with van der Waals surface area (Å²) in [6, 6.07) is 0. The summed E-state index contributed by atoms with van der Waals surface area (Å²) in [7, 11) is 0. The monoisotopic (exact) mass is 294 g/mol. The molecule has 1 saturated heterocycles. The molecule has 7 nitrogen and oxygen atoms in total. The molecule has 2 heterocycles. The molecule has 0 aliphatic carbocycles. The van der Waals surface area contributed by atoms with Crippen LogP contribution in [-0.2, 0) is 0 Å². The van der Waals surface area contributed by atoms with Crippen LogP contribution in [-0.4, -0.2) is 69.5 Å². The fraction of sp³-hybridized carbons (Fsp3) is 0.643. The molecule has 2 N–H and O–H groups in total. The molecular weight excluding hydrogens is 272 g/mol. The number of hydrogen-bond acceptors (Lipinski definition) is 4. The van der Waals surface area contributed by atoms with Gasteiger partial charge in [0.1, 0.15) is 0 Å². The van der Waals surface area contributed by atoms with Gasteiger partial charge in [0.05, 0.1) is 6.33 Å². The topological polar surface area (TPSA) is 89.5 Å². The molecular formula is C14H22N4O3. The second kappa shape index (κ2) is 6.71. The minimum atomic E-state index is -1.16. The lowest BCUT2D eigenvalue weighted by Gasteiger charge is -2.34. The SMILES string of the molecule is CC(C)CCN1CCN(C(=O)c2nc[nH]c2C(=O)O)CC1. The summed E-state index contributed by atoms with van der Waals surface area (Å²) < 4.78 is 0. The molecule has 1 aromatic heterocycles. The van der Waals surface area contributed by atoms with Crippen LogP contribution < -0.4 is 0 Å². The van der Waals surface area contributed by atoms with E-state index in [0.717, 1.165) is 26.1 Å². The second-order valence-corrected chi connectivity index (χ2v) is 5.75. The van der Waals surface area contributed by atoms with Crippen LogP contribution in [0.5, 0.6) is 0 Å². The molecule has 1 aliphatic rings. The number of nitrogens with one attached hydrogen (secondary N) is 1. The normalized spacial score (nSPS) is 16.4. The highest BCUT2D eigenvalue weighted by Gasteiger charge is 2.27. The maximum atomic E-state index is 12.3. The van der Waals surface area contributed by atoms with Crippen LogP contribution in [0.15, 0.2) is 6.33 Å². The Labute approximate surface area is 124 Å². The molecule has 1 aliphatic heterocycles. The van der Waals surface area contributed by atoms with Gasteiger partial charge in [-0.1, -0.05) is 13.8 Å². The van der Waals surface area contributed by atoms with Crippen molar-refractivity contribution in [1.82, 2.24) is 19.8 Å². The predicted octanol–water partition coefficient (Wildman–Crippen LogP) is 0.912. The quantitative estimate of drug-likeness (QED) is 0.842. The average molecular weight is 294 g/mol. The predicted molar refractivity (Wildman–Crippen MR) is 77.3 cm³/mol. The lowest BCUT2D eigenvalue weighted by Crippen LogP contribution is -2.49. The summed E-state index contributed by atoms with van der Waals surface area (Å²) in [5.74, 6) is -0.796. The zero-order valence-electron chi connectivity index (χ0n) is 12.5. The summed E-state index contributed by atoms with van der Waals surface area (Å²) in [6.45, 7) is 8.32. The highest BCUT2D eigenvalue weighted by molar-refractivity contribution is 6.02. The van der Waals surface area contributed by atoms with E-state index in [1.807, 2.05) is 0 Å². The van der Waals surface area contributed by atoms with Crippen molar-refractivity contribution >= 4 is 11.9 Å². The van der Waals surface area contributed by atoms with Crippen LogP contribution in [0, 0.1) is 5.92 Å². The molecule has 21 heavy (non-hydrogen) atoms. The van der Waals surface area contributed by atoms with Gasteiger partial charge in [0, 0.05) is 26.2 Å². The molecule has 0 aromatic carbocycles. The molecule has 0 saturated carbocycles. The van der Waals surface area contributed by atoms with Gasteiger partial charge in [0.25, 0.3) is 5.91 Å². The number of rotatable bonds is 5. The molecule has 0 radical (unpaired) electrons. The van der Waals surface area contributed by atoms with Gasteiger partial charge in [0.15, 0.2) is 11.4 Å². The van der Waals surface area contributed by atoms with Crippen molar-refractivity contribution < 1.29 is 14.7 Å². The van der Waals surface area contributed by atoms with Crippen molar-refractivity contribution in [3.05, 3.63) is 17.7 Å². The number of piperazine rings is 1. The number of aromatic amines is 1. The molecule has 7 heteroatoms. The first kappa shape index (κ1) is 15.5. The number of nitrogens with zero attached hydrogens (tertiary/aromatic N) is 3. The summed E-state index contributed by atoms with van der Waals surface area (Å²) in [6.07, 6.45) is 2.39. The zero-order valence-corrected chi connectivity index (χ0v) is 12.5. The standard InChI is InChI=1S/C14H22N4O3/c1-10(2)3-4-17-5-7-18(8-6-17)13(19)11-12(14(20)21)16-9-15-11/h9-10H,3-8H2,1-2H3,(H,15,16)(H,20,21). The fourth-order valence-electron chi connectivity index (χ4n) is 2.38. The van der Waals surface area contributed by atoms with Crippen LogP contribution in [0.25, 0.3) is 0 Å². The van der Waals surface area contributed by atoms with Gasteiger partial charge in [0.2, 0.25) is 0 Å². The van der Waals surface area contributed by atoms with E-state index in [4.69, 9.17) is 5.11 Å². The van der Waals surface area contributed by atoms with Crippen molar-refractivity contribution in [2.45, 2.75) is 20.3 Å². The molecule has 0 spiro atoms. The van der Waals surface area contributed by atoms with Crippen LogP contribution in [0.2, 0.25) is 0 Å². The van der Waals surface area contributed by atoms with E-state index < -0.39 is 5.97 Å². The largest absolute Gasteiger partial charge is 0.477 e. The van der Waals surface area contributed by atoms with Gasteiger partial charge in [-0.15, -0.1) is 0 Å². The third kappa shape index (κ3) is 3.81. The number of aromatic carboxylic acids is 1. The third-order valence-corrected chi connectivity index (χ3v) is 3.74. The number of amides is 1. The van der Waals surface area contributed by atoms with Gasteiger partial charge in [-0.2, -0.15) is 0 Å². The third-order valence-electron chi connectivity index (χ3n) is 3.74. The molecule has 1 fully saturated rings. The molecule has 1 aromatic rings. The Morgan fingerprint density at radius 2 is 2.00 bits per heavy atom. The fourth-order valence-corrected chi connectivity index (χ4v) is 2.38. The minimum absolute atomic E-state index is 0.00173. The van der Waals surface area contributed by atoms with Crippen molar-refractivity contribution in [3.63, 3.8) is 0 Å². The number of carboxylic acid groups (broad SMARTS) is 1. The highest BCUT2D eigenvalue weighted by Crippen LogP contribution is 2.11. The number of H-pyrrole nitrogens is 1. The molecule has 2 rings (SSSR count). The van der Waals surface area contributed by atoms with E-state index in [1.54, 1.807) is 4.90 Å². The van der Waals surface area contributed by atoms with Crippen molar-refractivity contribution in [2.24, 2.45) is 5.92 Å². The van der Waals surface area contributed by atoms with E-state index in [-0.39, 0.29) is 17.3 Å². The van der Waals surface area contributed by atoms with Crippen molar-refractivity contribution in [2.75, 3.05) is 32.7 Å². The first-order valence-electron chi connectivity index (χ1n) is 7.27. The Bertz CT molecular complexity index is 504. The Balaban J connectivity index is 1.91. The van der Waals surface area contributed by atoms with E-state index in [0.29, 0.717) is 19.0 Å². The Hall–Kier alpha value is -1.89. The van der Waals surface area contributed by atoms with Crippen molar-refractivity contribution in [3.8, 4) is 0 Å².